The standard InChI is InChI=1S/C2H5NO5S.Na.H/c3-9(6,7)8-1-2(4)5;;/h1H2,(H,4,5)(H2,3,6,7);;. The minimum absolute atomic E-state index is 0. The molecule has 0 saturated heterocycles. The van der Waals surface area contributed by atoms with Crippen LogP contribution >= 0.6 is 0 Å². The molecule has 0 aromatic heterocycles. The van der Waals surface area contributed by atoms with Crippen LogP contribution in [0.1, 0.15) is 0 Å². The molecule has 0 radical (unpaired) electrons. The zero-order valence-corrected chi connectivity index (χ0v) is 5.09. The molecular formula is C2H6NNaO5S. The number of hydrogen-bond acceptors (Lipinski definition) is 4. The van der Waals surface area contributed by atoms with Crippen molar-refractivity contribution in [1.29, 1.82) is 0 Å². The summed E-state index contributed by atoms with van der Waals surface area (Å²) in [5.74, 6) is -1.39. The molecule has 3 N–H and O–H groups in total. The molecule has 0 aliphatic heterocycles. The van der Waals surface area contributed by atoms with Crippen LogP contribution in [0, 0.1) is 0 Å². The summed E-state index contributed by atoms with van der Waals surface area (Å²) < 4.78 is 23.3. The van der Waals surface area contributed by atoms with Crippen molar-refractivity contribution in [3.05, 3.63) is 0 Å². The van der Waals surface area contributed by atoms with Gasteiger partial charge in [0.25, 0.3) is 0 Å². The van der Waals surface area contributed by atoms with E-state index in [1.165, 1.54) is 0 Å². The van der Waals surface area contributed by atoms with Crippen LogP contribution < -0.4 is 5.14 Å². The Balaban J connectivity index is 0. The first kappa shape index (κ1) is 13.0. The van der Waals surface area contributed by atoms with Gasteiger partial charge in [0.05, 0.1) is 0 Å². The number of rotatable bonds is 3. The van der Waals surface area contributed by atoms with Crippen LogP contribution in [-0.2, 0) is 19.3 Å². The first-order chi connectivity index (χ1) is 3.92. The van der Waals surface area contributed by atoms with E-state index >= 15 is 0 Å². The molecule has 0 aromatic carbocycles. The van der Waals surface area contributed by atoms with E-state index in [2.05, 4.69) is 9.32 Å². The Labute approximate surface area is 79.9 Å². The predicted molar refractivity (Wildman–Crippen MR) is 33.8 cm³/mol. The topological polar surface area (TPSA) is 107 Å². The molecule has 6 nitrogen and oxygen atoms in total. The quantitative estimate of drug-likeness (QED) is 0.471. The molecule has 0 unspecified atom stereocenters. The maximum absolute atomic E-state index is 9.83. The molecule has 0 bridgehead atoms. The fourth-order valence-corrected chi connectivity index (χ4v) is 0.398. The molecule has 0 saturated carbocycles. The van der Waals surface area contributed by atoms with Crippen molar-refractivity contribution in [2.75, 3.05) is 6.61 Å². The fourth-order valence-electron chi connectivity index (χ4n) is 0.133. The van der Waals surface area contributed by atoms with E-state index in [1.807, 2.05) is 0 Å². The average molecular weight is 179 g/mol. The normalized spacial score (nSPS) is 10.1. The van der Waals surface area contributed by atoms with E-state index in [-0.39, 0.29) is 29.6 Å². The Hall–Kier alpha value is 0.340. The molecule has 0 aliphatic carbocycles. The Bertz CT molecular complexity index is 198. The minimum atomic E-state index is -4.10. The van der Waals surface area contributed by atoms with Gasteiger partial charge in [-0.15, -0.1) is 0 Å². The molecule has 0 rings (SSSR count). The van der Waals surface area contributed by atoms with Gasteiger partial charge in [-0.25, -0.2) is 14.1 Å². The molecule has 0 spiro atoms. The van der Waals surface area contributed by atoms with Crippen LogP contribution in [-0.4, -0.2) is 55.7 Å². The van der Waals surface area contributed by atoms with Crippen LogP contribution in [0.4, 0.5) is 0 Å². The van der Waals surface area contributed by atoms with Gasteiger partial charge in [0.2, 0.25) is 0 Å². The Morgan fingerprint density at radius 1 is 1.60 bits per heavy atom. The van der Waals surface area contributed by atoms with E-state index in [0.29, 0.717) is 0 Å². The van der Waals surface area contributed by atoms with E-state index < -0.39 is 22.9 Å². The van der Waals surface area contributed by atoms with E-state index in [9.17, 15) is 13.2 Å². The van der Waals surface area contributed by atoms with Crippen molar-refractivity contribution in [3.8, 4) is 0 Å². The number of carboxylic acid groups (broad SMARTS) is 1. The summed E-state index contributed by atoms with van der Waals surface area (Å²) in [6.07, 6.45) is 0. The first-order valence-electron chi connectivity index (χ1n) is 1.81. The van der Waals surface area contributed by atoms with E-state index in [4.69, 9.17) is 5.11 Å². The molecule has 0 amide bonds. The Kier molecular flexibility index (Phi) is 6.55. The maximum atomic E-state index is 9.83. The predicted octanol–water partition coefficient (Wildman–Crippen LogP) is -2.36. The zero-order valence-electron chi connectivity index (χ0n) is 4.27. The average Bonchev–Trinajstić information content (AvgIpc) is 1.59. The number of aliphatic carboxylic acids is 1. The number of hydrogen-bond donors (Lipinski definition) is 2. The van der Waals surface area contributed by atoms with Crippen molar-refractivity contribution in [3.63, 3.8) is 0 Å². The third-order valence-corrected chi connectivity index (χ3v) is 0.793. The second kappa shape index (κ2) is 5.05. The summed E-state index contributed by atoms with van der Waals surface area (Å²) in [5.41, 5.74) is 0. The third-order valence-electron chi connectivity index (χ3n) is 0.347. The summed E-state index contributed by atoms with van der Waals surface area (Å²) >= 11 is 0. The van der Waals surface area contributed by atoms with Crippen LogP contribution in [0.2, 0.25) is 0 Å². The van der Waals surface area contributed by atoms with Crippen LogP contribution in [0.5, 0.6) is 0 Å². The van der Waals surface area contributed by atoms with Gasteiger partial charge in [0, 0.05) is 0 Å². The molecule has 0 aliphatic rings. The van der Waals surface area contributed by atoms with Gasteiger partial charge in [0.1, 0.15) is 0 Å². The molecular weight excluding hydrogens is 173 g/mol. The van der Waals surface area contributed by atoms with Gasteiger partial charge in [-0.05, 0) is 0 Å². The van der Waals surface area contributed by atoms with Crippen LogP contribution in [0.25, 0.3) is 0 Å². The van der Waals surface area contributed by atoms with Crippen molar-refractivity contribution in [1.82, 2.24) is 0 Å². The SMILES string of the molecule is NS(=O)(=O)OCC(=O)O.[NaH]. The second-order valence-electron chi connectivity index (χ2n) is 1.15. The van der Waals surface area contributed by atoms with Gasteiger partial charge in [-0.2, -0.15) is 8.42 Å². The number of carbonyl (C=O) groups is 1. The van der Waals surface area contributed by atoms with Gasteiger partial charge in [0.15, 0.2) is 6.61 Å². The van der Waals surface area contributed by atoms with E-state index in [0.717, 1.165) is 0 Å². The van der Waals surface area contributed by atoms with E-state index in [1.54, 1.807) is 0 Å². The number of carboxylic acids is 1. The summed E-state index contributed by atoms with van der Waals surface area (Å²) in [4.78, 5) is 9.60. The van der Waals surface area contributed by atoms with Crippen LogP contribution in [0.15, 0.2) is 0 Å². The van der Waals surface area contributed by atoms with Crippen LogP contribution in [0.3, 0.4) is 0 Å². The molecule has 10 heavy (non-hydrogen) atoms. The Morgan fingerprint density at radius 2 is 2.00 bits per heavy atom. The molecule has 0 fully saturated rings. The Morgan fingerprint density at radius 3 is 2.10 bits per heavy atom. The molecule has 0 atom stereocenters. The monoisotopic (exact) mass is 179 g/mol. The zero-order chi connectivity index (χ0) is 7.49. The number of nitrogens with two attached hydrogens (primary N) is 1. The van der Waals surface area contributed by atoms with Crippen molar-refractivity contribution in [2.24, 2.45) is 5.14 Å². The van der Waals surface area contributed by atoms with Gasteiger partial charge >= 0.3 is 45.8 Å². The second-order valence-corrected chi connectivity index (χ2v) is 2.37. The summed E-state index contributed by atoms with van der Waals surface area (Å²) in [5, 5.41) is 12.1. The van der Waals surface area contributed by atoms with Crippen molar-refractivity contribution < 1.29 is 22.5 Å². The molecule has 8 heteroatoms. The summed E-state index contributed by atoms with van der Waals surface area (Å²) in [6.45, 7) is -0.932. The van der Waals surface area contributed by atoms with Crippen molar-refractivity contribution in [2.45, 2.75) is 0 Å². The van der Waals surface area contributed by atoms with Gasteiger partial charge < -0.3 is 5.11 Å². The summed E-state index contributed by atoms with van der Waals surface area (Å²) in [7, 11) is -4.10. The summed E-state index contributed by atoms with van der Waals surface area (Å²) in [6, 6.07) is 0. The van der Waals surface area contributed by atoms with Crippen molar-refractivity contribution >= 4 is 45.8 Å². The van der Waals surface area contributed by atoms with Gasteiger partial charge in [-0.3, -0.25) is 0 Å². The molecule has 0 aromatic rings. The molecule has 0 heterocycles. The fraction of sp³-hybridized carbons (Fsp3) is 0.500. The third kappa shape index (κ3) is 11.2. The van der Waals surface area contributed by atoms with Gasteiger partial charge in [-0.1, -0.05) is 0 Å². The molecule has 56 valence electrons. The first-order valence-corrected chi connectivity index (χ1v) is 3.28.